The number of hydrogen-bond acceptors (Lipinski definition) is 5. The smallest absolute Gasteiger partial charge is 0.278 e. The van der Waals surface area contributed by atoms with E-state index in [4.69, 9.17) is 9.47 Å². The van der Waals surface area contributed by atoms with Crippen molar-refractivity contribution in [1.82, 2.24) is 4.90 Å². The van der Waals surface area contributed by atoms with Crippen molar-refractivity contribution in [3.63, 3.8) is 0 Å². The number of ether oxygens (including phenoxy) is 2. The van der Waals surface area contributed by atoms with E-state index < -0.39 is 0 Å². The number of nitrogens with one attached hydrogen (secondary N) is 1. The lowest BCUT2D eigenvalue weighted by Crippen LogP contribution is -2.35. The van der Waals surface area contributed by atoms with E-state index in [-0.39, 0.29) is 17.7 Å². The zero-order valence-electron chi connectivity index (χ0n) is 17.7. The van der Waals surface area contributed by atoms with Crippen LogP contribution in [0.2, 0.25) is 0 Å². The number of fused-ring (bicyclic) bond motifs is 1. The molecule has 2 aromatic rings. The van der Waals surface area contributed by atoms with Gasteiger partial charge in [-0.1, -0.05) is 32.0 Å². The third kappa shape index (κ3) is 3.65. The first kappa shape index (κ1) is 20.0. The summed E-state index contributed by atoms with van der Waals surface area (Å²) < 4.78 is 11.2. The lowest BCUT2D eigenvalue weighted by atomic mass is 9.99. The number of carbonyl (C=O) groups excluding carboxylic acids is 2. The molecule has 1 N–H and O–H groups in total. The van der Waals surface area contributed by atoms with E-state index >= 15 is 0 Å². The third-order valence-corrected chi connectivity index (χ3v) is 5.32. The molecule has 156 valence electrons. The average molecular weight is 406 g/mol. The normalized spacial score (nSPS) is 16.0. The third-order valence-electron chi connectivity index (χ3n) is 5.32. The van der Waals surface area contributed by atoms with Gasteiger partial charge in [0.05, 0.1) is 5.57 Å². The minimum absolute atomic E-state index is 0.174. The van der Waals surface area contributed by atoms with Gasteiger partial charge in [0, 0.05) is 18.3 Å². The summed E-state index contributed by atoms with van der Waals surface area (Å²) in [5, 5.41) is 3.19. The Morgan fingerprint density at radius 2 is 1.67 bits per heavy atom. The average Bonchev–Trinajstić information content (AvgIpc) is 2.94. The van der Waals surface area contributed by atoms with Gasteiger partial charge in [0.1, 0.15) is 18.9 Å². The van der Waals surface area contributed by atoms with Gasteiger partial charge in [-0.25, -0.2) is 0 Å². The van der Waals surface area contributed by atoms with Crippen molar-refractivity contribution in [2.24, 2.45) is 5.92 Å². The first-order chi connectivity index (χ1) is 14.3. The van der Waals surface area contributed by atoms with Gasteiger partial charge in [-0.15, -0.1) is 0 Å². The molecule has 0 bridgehead atoms. The molecule has 6 heteroatoms. The summed E-state index contributed by atoms with van der Waals surface area (Å²) >= 11 is 0. The fourth-order valence-electron chi connectivity index (χ4n) is 3.65. The number of nitrogens with zero attached hydrogens (tertiary/aromatic N) is 1. The van der Waals surface area contributed by atoms with E-state index in [9.17, 15) is 9.59 Å². The summed E-state index contributed by atoms with van der Waals surface area (Å²) in [4.78, 5) is 27.8. The van der Waals surface area contributed by atoms with Gasteiger partial charge in [-0.3, -0.25) is 14.5 Å². The fourth-order valence-corrected chi connectivity index (χ4v) is 3.65. The molecule has 0 saturated carbocycles. The van der Waals surface area contributed by atoms with Crippen molar-refractivity contribution in [3.05, 3.63) is 58.8 Å². The van der Waals surface area contributed by atoms with Crippen LogP contribution in [0.1, 0.15) is 30.5 Å². The number of aryl methyl sites for hydroxylation is 2. The highest BCUT2D eigenvalue weighted by atomic mass is 16.6. The van der Waals surface area contributed by atoms with Crippen LogP contribution < -0.4 is 14.8 Å². The molecule has 2 amide bonds. The van der Waals surface area contributed by atoms with Gasteiger partial charge in [0.2, 0.25) is 0 Å². The molecular formula is C24H26N2O4. The molecule has 4 rings (SSSR count). The Balaban J connectivity index is 1.76. The van der Waals surface area contributed by atoms with Crippen LogP contribution in [0.15, 0.2) is 42.1 Å². The van der Waals surface area contributed by atoms with Gasteiger partial charge in [0.15, 0.2) is 11.5 Å². The Bertz CT molecular complexity index is 1060. The van der Waals surface area contributed by atoms with Crippen molar-refractivity contribution in [2.45, 2.75) is 27.7 Å². The van der Waals surface area contributed by atoms with Crippen LogP contribution in [-0.4, -0.2) is 36.5 Å². The lowest BCUT2D eigenvalue weighted by molar-refractivity contribution is -0.137. The molecule has 0 fully saturated rings. The summed E-state index contributed by atoms with van der Waals surface area (Å²) in [6.07, 6.45) is 0. The van der Waals surface area contributed by atoms with E-state index in [0.29, 0.717) is 48.2 Å². The van der Waals surface area contributed by atoms with Crippen molar-refractivity contribution in [1.29, 1.82) is 0 Å². The van der Waals surface area contributed by atoms with Crippen LogP contribution in [0.3, 0.4) is 0 Å². The van der Waals surface area contributed by atoms with E-state index in [1.54, 1.807) is 12.1 Å². The van der Waals surface area contributed by atoms with Crippen LogP contribution in [0.25, 0.3) is 5.57 Å². The number of amides is 2. The first-order valence-corrected chi connectivity index (χ1v) is 10.2. The largest absolute Gasteiger partial charge is 0.486 e. The monoisotopic (exact) mass is 406 g/mol. The van der Waals surface area contributed by atoms with Gasteiger partial charge in [-0.05, 0) is 48.6 Å². The van der Waals surface area contributed by atoms with Gasteiger partial charge < -0.3 is 14.8 Å². The number of anilines is 1. The Hall–Kier alpha value is -3.28. The molecule has 0 unspecified atom stereocenters. The fraction of sp³-hybridized carbons (Fsp3) is 0.333. The van der Waals surface area contributed by atoms with Gasteiger partial charge in [0.25, 0.3) is 11.8 Å². The van der Waals surface area contributed by atoms with E-state index in [1.165, 1.54) is 4.90 Å². The molecule has 0 aliphatic carbocycles. The number of hydrogen-bond donors (Lipinski definition) is 1. The maximum absolute atomic E-state index is 13.2. The highest BCUT2D eigenvalue weighted by Crippen LogP contribution is 2.36. The Kier molecular flexibility index (Phi) is 5.24. The summed E-state index contributed by atoms with van der Waals surface area (Å²) in [6.45, 7) is 9.37. The van der Waals surface area contributed by atoms with Crippen molar-refractivity contribution in [3.8, 4) is 11.5 Å². The molecule has 0 aromatic heterocycles. The maximum Gasteiger partial charge on any atom is 0.278 e. The van der Waals surface area contributed by atoms with Crippen LogP contribution in [-0.2, 0) is 9.59 Å². The maximum atomic E-state index is 13.2. The second-order valence-corrected chi connectivity index (χ2v) is 8.15. The Morgan fingerprint density at radius 1 is 0.933 bits per heavy atom. The molecule has 30 heavy (non-hydrogen) atoms. The van der Waals surface area contributed by atoms with Gasteiger partial charge >= 0.3 is 0 Å². The molecule has 2 aromatic carbocycles. The molecule has 0 saturated heterocycles. The molecule has 0 radical (unpaired) electrons. The highest BCUT2D eigenvalue weighted by Gasteiger charge is 2.39. The topological polar surface area (TPSA) is 67.9 Å². The van der Waals surface area contributed by atoms with Crippen LogP contribution >= 0.6 is 0 Å². The van der Waals surface area contributed by atoms with Crippen LogP contribution in [0.4, 0.5) is 5.69 Å². The van der Waals surface area contributed by atoms with Crippen LogP contribution in [0, 0.1) is 19.8 Å². The van der Waals surface area contributed by atoms with Crippen LogP contribution in [0.5, 0.6) is 11.5 Å². The number of carbonyl (C=O) groups is 2. The molecule has 6 nitrogen and oxygen atoms in total. The second kappa shape index (κ2) is 7.86. The predicted octanol–water partition coefficient (Wildman–Crippen LogP) is 3.92. The zero-order chi connectivity index (χ0) is 21.4. The molecule has 0 atom stereocenters. The molecule has 2 aliphatic rings. The Labute approximate surface area is 176 Å². The zero-order valence-corrected chi connectivity index (χ0v) is 17.7. The molecule has 2 heterocycles. The molecule has 2 aliphatic heterocycles. The number of rotatable bonds is 5. The molecule has 0 spiro atoms. The number of imide groups is 1. The van der Waals surface area contributed by atoms with E-state index in [2.05, 4.69) is 5.32 Å². The Morgan fingerprint density at radius 3 is 2.37 bits per heavy atom. The predicted molar refractivity (Wildman–Crippen MR) is 115 cm³/mol. The quantitative estimate of drug-likeness (QED) is 0.763. The first-order valence-electron chi connectivity index (χ1n) is 10.2. The van der Waals surface area contributed by atoms with Gasteiger partial charge in [-0.2, -0.15) is 0 Å². The van der Waals surface area contributed by atoms with Crippen molar-refractivity contribution < 1.29 is 19.1 Å². The lowest BCUT2D eigenvalue weighted by Gasteiger charge is -2.20. The molecular weight excluding hydrogens is 380 g/mol. The van der Waals surface area contributed by atoms with E-state index in [0.717, 1.165) is 16.7 Å². The SMILES string of the molecule is Cc1ccc(C2=C(Nc3ccc4c(c3)OCCO4)C(=O)N(CC(C)C)C2=O)cc1C. The standard InChI is InChI=1S/C24H26N2O4/c1-14(2)13-26-23(27)21(17-6-5-15(3)16(4)11-17)22(24(26)28)25-18-7-8-19-20(12-18)30-10-9-29-19/h5-8,11-12,14,25H,9-10,13H2,1-4H3. The van der Waals surface area contributed by atoms with Crippen molar-refractivity contribution >= 4 is 23.1 Å². The van der Waals surface area contributed by atoms with Crippen molar-refractivity contribution in [2.75, 3.05) is 25.1 Å². The second-order valence-electron chi connectivity index (χ2n) is 8.15. The highest BCUT2D eigenvalue weighted by molar-refractivity contribution is 6.36. The summed E-state index contributed by atoms with van der Waals surface area (Å²) in [6, 6.07) is 11.2. The summed E-state index contributed by atoms with van der Waals surface area (Å²) in [7, 11) is 0. The summed E-state index contributed by atoms with van der Waals surface area (Å²) in [5.74, 6) is 0.891. The van der Waals surface area contributed by atoms with E-state index in [1.807, 2.05) is 52.0 Å². The minimum Gasteiger partial charge on any atom is -0.486 e. The number of benzene rings is 2. The minimum atomic E-state index is -0.309. The summed E-state index contributed by atoms with van der Waals surface area (Å²) in [5.41, 5.74) is 4.31.